The van der Waals surface area contributed by atoms with Gasteiger partial charge in [-0.15, -0.1) is 0 Å². The average molecular weight is 248 g/mol. The van der Waals surface area contributed by atoms with Gasteiger partial charge in [-0.2, -0.15) is 5.10 Å². The summed E-state index contributed by atoms with van der Waals surface area (Å²) in [6.07, 6.45) is 5.01. The van der Waals surface area contributed by atoms with E-state index in [-0.39, 0.29) is 5.92 Å². The molecule has 0 spiro atoms. The molecule has 1 aromatic rings. The number of carbonyl (C=O) groups excluding carboxylic acids is 1. The minimum atomic E-state index is 0.287. The number of hydrogen-bond donors (Lipinski definition) is 0. The first kappa shape index (κ1) is 13.3. The number of ketones is 1. The molecule has 0 bridgehead atoms. The lowest BCUT2D eigenvalue weighted by Crippen LogP contribution is -2.20. The highest BCUT2D eigenvalue weighted by molar-refractivity contribution is 5.83. The van der Waals surface area contributed by atoms with Gasteiger partial charge < -0.3 is 0 Å². The normalized spacial score (nSPS) is 23.5. The third kappa shape index (κ3) is 2.65. The van der Waals surface area contributed by atoms with Crippen LogP contribution in [0.3, 0.4) is 0 Å². The van der Waals surface area contributed by atoms with Crippen LogP contribution in [0, 0.1) is 11.8 Å². The number of Topliss-reactive ketones (excluding diaryl/α,β-unsaturated/α-hetero) is 1. The topological polar surface area (TPSA) is 34.9 Å². The number of nitrogens with zero attached hydrogens (tertiary/aromatic N) is 2. The van der Waals surface area contributed by atoms with Gasteiger partial charge in [-0.1, -0.05) is 20.3 Å². The maximum atomic E-state index is 12.3. The molecule has 1 fully saturated rings. The zero-order valence-electron chi connectivity index (χ0n) is 11.8. The molecule has 3 nitrogen and oxygen atoms in total. The molecule has 1 aromatic heterocycles. The van der Waals surface area contributed by atoms with Crippen LogP contribution >= 0.6 is 0 Å². The molecule has 18 heavy (non-hydrogen) atoms. The highest BCUT2D eigenvalue weighted by atomic mass is 16.1. The van der Waals surface area contributed by atoms with Gasteiger partial charge in [0.2, 0.25) is 0 Å². The molecule has 0 saturated heterocycles. The molecule has 0 radical (unpaired) electrons. The van der Waals surface area contributed by atoms with Crippen molar-refractivity contribution in [1.82, 2.24) is 9.78 Å². The van der Waals surface area contributed by atoms with Crippen LogP contribution in [0.4, 0.5) is 0 Å². The SMILES string of the molecule is CCc1cc(CC(=O)C2CCCC2C)n(CC)n1. The first-order valence-electron chi connectivity index (χ1n) is 7.24. The van der Waals surface area contributed by atoms with E-state index >= 15 is 0 Å². The van der Waals surface area contributed by atoms with Crippen molar-refractivity contribution in [2.24, 2.45) is 11.8 Å². The quantitative estimate of drug-likeness (QED) is 0.803. The van der Waals surface area contributed by atoms with Crippen LogP contribution in [0.5, 0.6) is 0 Å². The van der Waals surface area contributed by atoms with E-state index in [4.69, 9.17) is 0 Å². The van der Waals surface area contributed by atoms with Gasteiger partial charge in [0.1, 0.15) is 5.78 Å². The van der Waals surface area contributed by atoms with E-state index in [0.29, 0.717) is 18.1 Å². The van der Waals surface area contributed by atoms with E-state index in [2.05, 4.69) is 31.9 Å². The highest BCUT2D eigenvalue weighted by Gasteiger charge is 2.29. The number of aryl methyl sites for hydroxylation is 2. The van der Waals surface area contributed by atoms with Gasteiger partial charge in [0.05, 0.1) is 5.69 Å². The molecule has 3 heteroatoms. The van der Waals surface area contributed by atoms with Crippen molar-refractivity contribution in [3.63, 3.8) is 0 Å². The van der Waals surface area contributed by atoms with Gasteiger partial charge >= 0.3 is 0 Å². The van der Waals surface area contributed by atoms with Gasteiger partial charge in [-0.05, 0) is 38.2 Å². The molecule has 1 aliphatic carbocycles. The molecule has 100 valence electrons. The van der Waals surface area contributed by atoms with Gasteiger partial charge in [-0.3, -0.25) is 9.48 Å². The van der Waals surface area contributed by atoms with Gasteiger partial charge in [0.25, 0.3) is 0 Å². The zero-order valence-corrected chi connectivity index (χ0v) is 11.8. The summed E-state index contributed by atoms with van der Waals surface area (Å²) in [6.45, 7) is 7.25. The third-order valence-corrected chi connectivity index (χ3v) is 4.21. The van der Waals surface area contributed by atoms with Crippen molar-refractivity contribution < 1.29 is 4.79 Å². The smallest absolute Gasteiger partial charge is 0.142 e. The lowest BCUT2D eigenvalue weighted by molar-refractivity contribution is -0.123. The average Bonchev–Trinajstić information content (AvgIpc) is 2.95. The van der Waals surface area contributed by atoms with Crippen molar-refractivity contribution in [1.29, 1.82) is 0 Å². The Morgan fingerprint density at radius 1 is 1.44 bits per heavy atom. The molecule has 0 aromatic carbocycles. The second-order valence-corrected chi connectivity index (χ2v) is 5.45. The second kappa shape index (κ2) is 5.68. The fraction of sp³-hybridized carbons (Fsp3) is 0.733. The minimum Gasteiger partial charge on any atom is -0.299 e. The predicted molar refractivity (Wildman–Crippen MR) is 72.5 cm³/mol. The van der Waals surface area contributed by atoms with Crippen molar-refractivity contribution in [3.05, 3.63) is 17.5 Å². The Hall–Kier alpha value is -1.12. The fourth-order valence-electron chi connectivity index (χ4n) is 3.04. The molecule has 2 rings (SSSR count). The monoisotopic (exact) mass is 248 g/mol. The third-order valence-electron chi connectivity index (χ3n) is 4.21. The largest absolute Gasteiger partial charge is 0.299 e. The van der Waals surface area contributed by atoms with Crippen LogP contribution in [0.1, 0.15) is 51.4 Å². The Morgan fingerprint density at radius 3 is 2.78 bits per heavy atom. The molecule has 1 aliphatic rings. The Morgan fingerprint density at radius 2 is 2.22 bits per heavy atom. The molecule has 2 unspecified atom stereocenters. The molecule has 1 heterocycles. The van der Waals surface area contributed by atoms with Crippen LogP contribution in [0.15, 0.2) is 6.07 Å². The fourth-order valence-corrected chi connectivity index (χ4v) is 3.04. The van der Waals surface area contributed by atoms with Crippen molar-refractivity contribution in [3.8, 4) is 0 Å². The zero-order chi connectivity index (χ0) is 13.1. The number of hydrogen-bond acceptors (Lipinski definition) is 2. The molecule has 0 N–H and O–H groups in total. The Bertz CT molecular complexity index is 422. The maximum Gasteiger partial charge on any atom is 0.142 e. The predicted octanol–water partition coefficient (Wildman–Crippen LogP) is 3.01. The van der Waals surface area contributed by atoms with Crippen LogP contribution in [0.25, 0.3) is 0 Å². The lowest BCUT2D eigenvalue weighted by atomic mass is 9.91. The maximum absolute atomic E-state index is 12.3. The van der Waals surface area contributed by atoms with Gasteiger partial charge in [0, 0.05) is 24.6 Å². The van der Waals surface area contributed by atoms with Crippen molar-refractivity contribution in [2.45, 2.75) is 59.4 Å². The molecule has 0 amide bonds. The summed E-state index contributed by atoms with van der Waals surface area (Å²) in [4.78, 5) is 12.3. The summed E-state index contributed by atoms with van der Waals surface area (Å²) < 4.78 is 1.98. The van der Waals surface area contributed by atoms with Crippen molar-refractivity contribution in [2.75, 3.05) is 0 Å². The van der Waals surface area contributed by atoms with E-state index < -0.39 is 0 Å². The molecule has 1 saturated carbocycles. The van der Waals surface area contributed by atoms with Crippen LogP contribution in [0.2, 0.25) is 0 Å². The summed E-state index contributed by atoms with van der Waals surface area (Å²) in [7, 11) is 0. The summed E-state index contributed by atoms with van der Waals surface area (Å²) in [6, 6.07) is 2.10. The highest BCUT2D eigenvalue weighted by Crippen LogP contribution is 2.32. The van der Waals surface area contributed by atoms with Crippen LogP contribution in [-0.4, -0.2) is 15.6 Å². The molecule has 2 atom stereocenters. The van der Waals surface area contributed by atoms with Crippen molar-refractivity contribution >= 4 is 5.78 Å². The molecular formula is C15H24N2O. The number of aromatic nitrogens is 2. The second-order valence-electron chi connectivity index (χ2n) is 5.45. The summed E-state index contributed by atoms with van der Waals surface area (Å²) in [5, 5.41) is 4.51. The molecule has 0 aliphatic heterocycles. The summed E-state index contributed by atoms with van der Waals surface area (Å²) in [5.41, 5.74) is 2.19. The van der Waals surface area contributed by atoms with E-state index in [0.717, 1.165) is 30.8 Å². The van der Waals surface area contributed by atoms with E-state index in [1.54, 1.807) is 0 Å². The number of rotatable bonds is 5. The number of carbonyl (C=O) groups is 1. The Kier molecular flexibility index (Phi) is 4.20. The molecular weight excluding hydrogens is 224 g/mol. The van der Waals surface area contributed by atoms with Gasteiger partial charge in [-0.25, -0.2) is 0 Å². The Labute approximate surface area is 110 Å². The van der Waals surface area contributed by atoms with Crippen LogP contribution < -0.4 is 0 Å². The Balaban J connectivity index is 2.08. The summed E-state index contributed by atoms with van der Waals surface area (Å²) >= 11 is 0. The van der Waals surface area contributed by atoms with E-state index in [1.807, 2.05) is 4.68 Å². The van der Waals surface area contributed by atoms with E-state index in [9.17, 15) is 4.79 Å². The lowest BCUT2D eigenvalue weighted by Gasteiger charge is -2.14. The van der Waals surface area contributed by atoms with Crippen LogP contribution in [-0.2, 0) is 24.2 Å². The first-order valence-corrected chi connectivity index (χ1v) is 7.24. The van der Waals surface area contributed by atoms with E-state index in [1.165, 1.54) is 12.8 Å². The summed E-state index contributed by atoms with van der Waals surface area (Å²) in [5.74, 6) is 1.27. The minimum absolute atomic E-state index is 0.287. The standard InChI is InChI=1S/C15H24N2O/c1-4-12-9-13(17(5-2)16-12)10-15(18)14-8-6-7-11(14)3/h9,11,14H,4-8,10H2,1-3H3. The first-order chi connectivity index (χ1) is 8.65. The van der Waals surface area contributed by atoms with Gasteiger partial charge in [0.15, 0.2) is 0 Å².